The van der Waals surface area contributed by atoms with Gasteiger partial charge in [0.25, 0.3) is 11.5 Å². The Morgan fingerprint density at radius 3 is 2.65 bits per heavy atom. The molecule has 0 spiro atoms. The standard InChI is InChI=1S/C18H20N4O4/c1-21-11-13(16(23)19-8-9-26-2)14-15(21)17(24)22(18(25)20-14)10-12-6-4-3-5-7-12/h3-7,11H,8-10H2,1-2H3,(H,19,23)(H,20,25). The lowest BCUT2D eigenvalue weighted by Crippen LogP contribution is -2.36. The number of hydrogen-bond donors (Lipinski definition) is 2. The molecule has 2 aromatic heterocycles. The molecule has 0 aliphatic heterocycles. The monoisotopic (exact) mass is 356 g/mol. The van der Waals surface area contributed by atoms with E-state index in [0.29, 0.717) is 13.2 Å². The fraction of sp³-hybridized carbons (Fsp3) is 0.278. The largest absolute Gasteiger partial charge is 0.383 e. The maximum atomic E-state index is 12.8. The van der Waals surface area contributed by atoms with Crippen LogP contribution in [0.1, 0.15) is 15.9 Å². The van der Waals surface area contributed by atoms with Gasteiger partial charge in [0, 0.05) is 26.9 Å². The summed E-state index contributed by atoms with van der Waals surface area (Å²) in [6.07, 6.45) is 1.54. The van der Waals surface area contributed by atoms with Crippen molar-refractivity contribution in [2.45, 2.75) is 6.54 Å². The fourth-order valence-electron chi connectivity index (χ4n) is 2.85. The van der Waals surface area contributed by atoms with Crippen molar-refractivity contribution in [1.29, 1.82) is 0 Å². The van der Waals surface area contributed by atoms with Crippen LogP contribution in [0.5, 0.6) is 0 Å². The van der Waals surface area contributed by atoms with E-state index in [1.165, 1.54) is 13.3 Å². The highest BCUT2D eigenvalue weighted by atomic mass is 16.5. The molecule has 3 aromatic rings. The van der Waals surface area contributed by atoms with Gasteiger partial charge in [-0.3, -0.25) is 14.2 Å². The molecular weight excluding hydrogens is 336 g/mol. The third kappa shape index (κ3) is 3.31. The van der Waals surface area contributed by atoms with Crippen molar-refractivity contribution in [3.05, 3.63) is 68.5 Å². The van der Waals surface area contributed by atoms with E-state index >= 15 is 0 Å². The molecule has 2 N–H and O–H groups in total. The number of aryl methyl sites for hydroxylation is 1. The summed E-state index contributed by atoms with van der Waals surface area (Å²) in [6, 6.07) is 9.24. The molecule has 0 saturated heterocycles. The van der Waals surface area contributed by atoms with Crippen molar-refractivity contribution < 1.29 is 9.53 Å². The summed E-state index contributed by atoms with van der Waals surface area (Å²) >= 11 is 0. The molecule has 136 valence electrons. The average Bonchev–Trinajstić information content (AvgIpc) is 2.96. The number of benzene rings is 1. The van der Waals surface area contributed by atoms with Crippen LogP contribution in [0.3, 0.4) is 0 Å². The van der Waals surface area contributed by atoms with E-state index in [-0.39, 0.29) is 29.0 Å². The lowest BCUT2D eigenvalue weighted by Gasteiger charge is -2.06. The smallest absolute Gasteiger partial charge is 0.329 e. The highest BCUT2D eigenvalue weighted by Crippen LogP contribution is 2.14. The highest BCUT2D eigenvalue weighted by molar-refractivity contribution is 6.05. The van der Waals surface area contributed by atoms with Gasteiger partial charge in [-0.1, -0.05) is 30.3 Å². The van der Waals surface area contributed by atoms with Crippen molar-refractivity contribution in [3.63, 3.8) is 0 Å². The number of carbonyl (C=O) groups is 1. The molecule has 0 unspecified atom stereocenters. The number of aromatic nitrogens is 3. The molecule has 8 nitrogen and oxygen atoms in total. The SMILES string of the molecule is COCCNC(=O)c1cn(C)c2c(=O)n(Cc3ccccc3)c(=O)[nH]c12. The number of aromatic amines is 1. The molecule has 8 heteroatoms. The zero-order valence-corrected chi connectivity index (χ0v) is 14.6. The van der Waals surface area contributed by atoms with Gasteiger partial charge < -0.3 is 19.6 Å². The first-order valence-electron chi connectivity index (χ1n) is 8.16. The number of carbonyl (C=O) groups excluding carboxylic acids is 1. The Bertz CT molecular complexity index is 1050. The molecule has 0 aliphatic carbocycles. The van der Waals surface area contributed by atoms with Crippen molar-refractivity contribution in [3.8, 4) is 0 Å². The number of fused-ring (bicyclic) bond motifs is 1. The first-order chi connectivity index (χ1) is 12.5. The molecule has 0 atom stereocenters. The van der Waals surface area contributed by atoms with E-state index in [4.69, 9.17) is 4.74 Å². The zero-order valence-electron chi connectivity index (χ0n) is 14.6. The van der Waals surface area contributed by atoms with Gasteiger partial charge in [-0.25, -0.2) is 4.79 Å². The molecule has 0 radical (unpaired) electrons. The van der Waals surface area contributed by atoms with Crippen molar-refractivity contribution in [2.24, 2.45) is 7.05 Å². The third-order valence-corrected chi connectivity index (χ3v) is 4.13. The van der Waals surface area contributed by atoms with Crippen LogP contribution in [0, 0.1) is 0 Å². The zero-order chi connectivity index (χ0) is 18.7. The summed E-state index contributed by atoms with van der Waals surface area (Å²) < 4.78 is 7.59. The molecule has 1 amide bonds. The molecular formula is C18H20N4O4. The maximum absolute atomic E-state index is 12.8. The minimum Gasteiger partial charge on any atom is -0.383 e. The van der Waals surface area contributed by atoms with Gasteiger partial charge in [-0.15, -0.1) is 0 Å². The predicted molar refractivity (Wildman–Crippen MR) is 97.6 cm³/mol. The van der Waals surface area contributed by atoms with Crippen molar-refractivity contribution >= 4 is 16.9 Å². The van der Waals surface area contributed by atoms with Crippen LogP contribution in [0.25, 0.3) is 11.0 Å². The number of nitrogens with one attached hydrogen (secondary N) is 2. The van der Waals surface area contributed by atoms with E-state index in [9.17, 15) is 14.4 Å². The summed E-state index contributed by atoms with van der Waals surface area (Å²) in [4.78, 5) is 40.3. The number of methoxy groups -OCH3 is 1. The van der Waals surface area contributed by atoms with Gasteiger partial charge in [0.1, 0.15) is 5.52 Å². The van der Waals surface area contributed by atoms with E-state index in [2.05, 4.69) is 10.3 Å². The lowest BCUT2D eigenvalue weighted by atomic mass is 10.2. The number of rotatable bonds is 6. The van der Waals surface area contributed by atoms with Crippen molar-refractivity contribution in [2.75, 3.05) is 20.3 Å². The van der Waals surface area contributed by atoms with Crippen molar-refractivity contribution in [1.82, 2.24) is 19.4 Å². The van der Waals surface area contributed by atoms with Gasteiger partial charge in [0.15, 0.2) is 0 Å². The molecule has 0 bridgehead atoms. The quantitative estimate of drug-likeness (QED) is 0.627. The van der Waals surface area contributed by atoms with Crippen LogP contribution in [-0.4, -0.2) is 40.3 Å². The Morgan fingerprint density at radius 2 is 1.96 bits per heavy atom. The minimum absolute atomic E-state index is 0.158. The lowest BCUT2D eigenvalue weighted by molar-refractivity contribution is 0.0938. The van der Waals surface area contributed by atoms with Crippen LogP contribution >= 0.6 is 0 Å². The molecule has 0 aliphatic rings. The van der Waals surface area contributed by atoms with Crippen LogP contribution in [0.4, 0.5) is 0 Å². The Kier molecular flexibility index (Phi) is 5.04. The second-order valence-corrected chi connectivity index (χ2v) is 5.93. The van der Waals surface area contributed by atoms with E-state index in [1.807, 2.05) is 30.3 Å². The summed E-state index contributed by atoms with van der Waals surface area (Å²) in [5.74, 6) is -0.372. The molecule has 3 rings (SSSR count). The Labute approximate surface area is 149 Å². The Balaban J connectivity index is 2.05. The molecule has 0 fully saturated rings. The Hall–Kier alpha value is -3.13. The van der Waals surface area contributed by atoms with Gasteiger partial charge in [0.2, 0.25) is 0 Å². The minimum atomic E-state index is -0.552. The number of H-pyrrole nitrogens is 1. The molecule has 26 heavy (non-hydrogen) atoms. The van der Waals surface area contributed by atoms with E-state index < -0.39 is 11.2 Å². The van der Waals surface area contributed by atoms with Gasteiger partial charge in [-0.05, 0) is 5.56 Å². The highest BCUT2D eigenvalue weighted by Gasteiger charge is 2.19. The fourth-order valence-corrected chi connectivity index (χ4v) is 2.85. The van der Waals surface area contributed by atoms with Crippen LogP contribution in [0.2, 0.25) is 0 Å². The van der Waals surface area contributed by atoms with Crippen LogP contribution in [0.15, 0.2) is 46.1 Å². The number of ether oxygens (including phenoxy) is 1. The first kappa shape index (κ1) is 17.7. The summed E-state index contributed by atoms with van der Waals surface area (Å²) in [7, 11) is 3.21. The van der Waals surface area contributed by atoms with Gasteiger partial charge in [0.05, 0.1) is 24.2 Å². The first-order valence-corrected chi connectivity index (χ1v) is 8.16. The van der Waals surface area contributed by atoms with Gasteiger partial charge >= 0.3 is 5.69 Å². The number of nitrogens with zero attached hydrogens (tertiary/aromatic N) is 2. The summed E-state index contributed by atoms with van der Waals surface area (Å²) in [5, 5.41) is 2.69. The average molecular weight is 356 g/mol. The molecule has 0 saturated carbocycles. The second kappa shape index (κ2) is 7.40. The molecule has 2 heterocycles. The van der Waals surface area contributed by atoms with E-state index in [0.717, 1.165) is 10.1 Å². The third-order valence-electron chi connectivity index (χ3n) is 4.13. The number of amides is 1. The second-order valence-electron chi connectivity index (χ2n) is 5.93. The van der Waals surface area contributed by atoms with E-state index in [1.54, 1.807) is 11.6 Å². The molecule has 1 aromatic carbocycles. The van der Waals surface area contributed by atoms with Gasteiger partial charge in [-0.2, -0.15) is 0 Å². The summed E-state index contributed by atoms with van der Waals surface area (Å²) in [6.45, 7) is 0.865. The van der Waals surface area contributed by atoms with Crippen LogP contribution < -0.4 is 16.6 Å². The van der Waals surface area contributed by atoms with Crippen LogP contribution in [-0.2, 0) is 18.3 Å². The topological polar surface area (TPSA) is 98.1 Å². The normalized spacial score (nSPS) is 11.0. The maximum Gasteiger partial charge on any atom is 0.329 e. The Morgan fingerprint density at radius 1 is 1.23 bits per heavy atom. The number of hydrogen-bond acceptors (Lipinski definition) is 4. The predicted octanol–water partition coefficient (Wildman–Crippen LogP) is 0.453. The summed E-state index contributed by atoms with van der Waals surface area (Å²) in [5.41, 5.74) is 0.611.